The molecule has 1 unspecified atom stereocenters. The molecule has 24 heavy (non-hydrogen) atoms. The lowest BCUT2D eigenvalue weighted by Gasteiger charge is -2.36. The standard InChI is InChI=1S/C20H26O4/c1-4-5-6-7-10-15-13-20(18(21)23-2,19(22)24-3)14-16-11-8-9-12-17(15)16/h7-12,15H,4-6,13-14H2,1-3H3/b10-7-. The van der Waals surface area contributed by atoms with E-state index in [2.05, 4.69) is 25.1 Å². The lowest BCUT2D eigenvalue weighted by atomic mass is 9.66. The Kier molecular flexibility index (Phi) is 6.18. The van der Waals surface area contributed by atoms with Crippen LogP contribution in [0.1, 0.15) is 49.7 Å². The van der Waals surface area contributed by atoms with E-state index in [-0.39, 0.29) is 5.92 Å². The summed E-state index contributed by atoms with van der Waals surface area (Å²) in [5, 5.41) is 0. The maximum atomic E-state index is 12.5. The molecule has 0 heterocycles. The first-order valence-electron chi connectivity index (χ1n) is 8.50. The van der Waals surface area contributed by atoms with Crippen LogP contribution in [0.3, 0.4) is 0 Å². The summed E-state index contributed by atoms with van der Waals surface area (Å²) in [4.78, 5) is 24.9. The van der Waals surface area contributed by atoms with Gasteiger partial charge in [-0.1, -0.05) is 56.2 Å². The molecule has 0 saturated carbocycles. The van der Waals surface area contributed by atoms with Crippen molar-refractivity contribution in [3.8, 4) is 0 Å². The number of fused-ring (bicyclic) bond motifs is 1. The summed E-state index contributed by atoms with van der Waals surface area (Å²) in [6.45, 7) is 2.16. The van der Waals surface area contributed by atoms with E-state index < -0.39 is 17.4 Å². The van der Waals surface area contributed by atoms with Crippen LogP contribution in [-0.2, 0) is 25.5 Å². The van der Waals surface area contributed by atoms with Crippen molar-refractivity contribution in [1.29, 1.82) is 0 Å². The molecule has 0 fully saturated rings. The van der Waals surface area contributed by atoms with Gasteiger partial charge in [0.05, 0.1) is 14.2 Å². The molecule has 4 heteroatoms. The lowest BCUT2D eigenvalue weighted by Crippen LogP contribution is -2.46. The van der Waals surface area contributed by atoms with Crippen LogP contribution in [0.25, 0.3) is 0 Å². The van der Waals surface area contributed by atoms with Crippen LogP contribution in [0.2, 0.25) is 0 Å². The highest BCUT2D eigenvalue weighted by Gasteiger charge is 2.52. The highest BCUT2D eigenvalue weighted by atomic mass is 16.5. The minimum Gasteiger partial charge on any atom is -0.468 e. The second-order valence-corrected chi connectivity index (χ2v) is 6.32. The Morgan fingerprint density at radius 3 is 2.50 bits per heavy atom. The maximum absolute atomic E-state index is 12.5. The molecule has 0 radical (unpaired) electrons. The van der Waals surface area contributed by atoms with E-state index in [9.17, 15) is 9.59 Å². The average Bonchev–Trinajstić information content (AvgIpc) is 2.63. The number of rotatable bonds is 6. The van der Waals surface area contributed by atoms with Crippen LogP contribution in [-0.4, -0.2) is 26.2 Å². The fraction of sp³-hybridized carbons (Fsp3) is 0.500. The molecule has 1 aliphatic rings. The minimum atomic E-state index is -1.27. The Bertz CT molecular complexity index is 602. The lowest BCUT2D eigenvalue weighted by molar-refractivity contribution is -0.170. The number of benzene rings is 1. The zero-order valence-corrected chi connectivity index (χ0v) is 14.7. The van der Waals surface area contributed by atoms with Crippen molar-refractivity contribution in [1.82, 2.24) is 0 Å². The monoisotopic (exact) mass is 330 g/mol. The Morgan fingerprint density at radius 1 is 1.21 bits per heavy atom. The van der Waals surface area contributed by atoms with Gasteiger partial charge in [-0.2, -0.15) is 0 Å². The SMILES string of the molecule is CCCC/C=C\C1CC(C(=O)OC)(C(=O)OC)Cc2ccccc21. The first-order valence-corrected chi connectivity index (χ1v) is 8.50. The van der Waals surface area contributed by atoms with Gasteiger partial charge in [0, 0.05) is 5.92 Å². The number of hydrogen-bond donors (Lipinski definition) is 0. The van der Waals surface area contributed by atoms with Crippen molar-refractivity contribution in [2.75, 3.05) is 14.2 Å². The van der Waals surface area contributed by atoms with Crippen LogP contribution < -0.4 is 0 Å². The molecule has 1 aliphatic carbocycles. The molecule has 0 spiro atoms. The predicted octanol–water partition coefficient (Wildman–Crippen LogP) is 3.80. The molecule has 1 aromatic rings. The highest BCUT2D eigenvalue weighted by Crippen LogP contribution is 2.44. The van der Waals surface area contributed by atoms with Crippen LogP contribution in [0.15, 0.2) is 36.4 Å². The summed E-state index contributed by atoms with van der Waals surface area (Å²) < 4.78 is 9.92. The number of ether oxygens (including phenoxy) is 2. The molecule has 2 rings (SSSR count). The number of carbonyl (C=O) groups is 2. The first kappa shape index (κ1) is 18.2. The number of methoxy groups -OCH3 is 2. The smallest absolute Gasteiger partial charge is 0.323 e. The largest absolute Gasteiger partial charge is 0.468 e. The normalized spacial score (nSPS) is 18.9. The molecule has 1 atom stereocenters. The van der Waals surface area contributed by atoms with Gasteiger partial charge in [0.15, 0.2) is 5.41 Å². The van der Waals surface area contributed by atoms with Crippen molar-refractivity contribution in [3.63, 3.8) is 0 Å². The van der Waals surface area contributed by atoms with E-state index in [0.29, 0.717) is 12.8 Å². The van der Waals surface area contributed by atoms with Crippen molar-refractivity contribution in [2.24, 2.45) is 5.41 Å². The second-order valence-electron chi connectivity index (χ2n) is 6.32. The van der Waals surface area contributed by atoms with Crippen LogP contribution >= 0.6 is 0 Å². The van der Waals surface area contributed by atoms with E-state index >= 15 is 0 Å². The molecule has 0 aliphatic heterocycles. The van der Waals surface area contributed by atoms with E-state index in [1.165, 1.54) is 19.8 Å². The molecule has 130 valence electrons. The van der Waals surface area contributed by atoms with Gasteiger partial charge in [0.25, 0.3) is 0 Å². The molecular weight excluding hydrogens is 304 g/mol. The maximum Gasteiger partial charge on any atom is 0.323 e. The van der Waals surface area contributed by atoms with Gasteiger partial charge < -0.3 is 9.47 Å². The van der Waals surface area contributed by atoms with E-state index in [1.807, 2.05) is 18.2 Å². The first-order chi connectivity index (χ1) is 11.6. The fourth-order valence-corrected chi connectivity index (χ4v) is 3.48. The van der Waals surface area contributed by atoms with E-state index in [1.54, 1.807) is 0 Å². The number of unbranched alkanes of at least 4 members (excludes halogenated alkanes) is 2. The summed E-state index contributed by atoms with van der Waals surface area (Å²) in [6, 6.07) is 7.97. The zero-order valence-electron chi connectivity index (χ0n) is 14.7. The Balaban J connectivity index is 2.42. The fourth-order valence-electron chi connectivity index (χ4n) is 3.48. The molecule has 0 saturated heterocycles. The van der Waals surface area contributed by atoms with Crippen molar-refractivity contribution in [3.05, 3.63) is 47.5 Å². The third-order valence-corrected chi connectivity index (χ3v) is 4.76. The molecule has 0 aromatic heterocycles. The molecule has 0 N–H and O–H groups in total. The minimum absolute atomic E-state index is 0.00464. The number of carbonyl (C=O) groups excluding carboxylic acids is 2. The van der Waals surface area contributed by atoms with Crippen LogP contribution in [0.5, 0.6) is 0 Å². The Hall–Kier alpha value is -2.10. The summed E-state index contributed by atoms with van der Waals surface area (Å²) in [7, 11) is 2.64. The molecule has 0 bridgehead atoms. The average molecular weight is 330 g/mol. The summed E-state index contributed by atoms with van der Waals surface area (Å²) >= 11 is 0. The van der Waals surface area contributed by atoms with Crippen molar-refractivity contribution in [2.45, 2.75) is 44.9 Å². The Morgan fingerprint density at radius 2 is 1.88 bits per heavy atom. The number of allylic oxidation sites excluding steroid dienone is 2. The number of hydrogen-bond acceptors (Lipinski definition) is 4. The topological polar surface area (TPSA) is 52.6 Å². The molecular formula is C20H26O4. The molecule has 4 nitrogen and oxygen atoms in total. The number of esters is 2. The van der Waals surface area contributed by atoms with Gasteiger partial charge in [-0.25, -0.2) is 0 Å². The third-order valence-electron chi connectivity index (χ3n) is 4.76. The summed E-state index contributed by atoms with van der Waals surface area (Å²) in [5.41, 5.74) is 0.913. The van der Waals surface area contributed by atoms with Gasteiger partial charge in [-0.3, -0.25) is 9.59 Å². The van der Waals surface area contributed by atoms with Gasteiger partial charge in [0.1, 0.15) is 0 Å². The highest BCUT2D eigenvalue weighted by molar-refractivity contribution is 6.00. The summed E-state index contributed by atoms with van der Waals surface area (Å²) in [6.07, 6.45) is 8.24. The third kappa shape index (κ3) is 3.53. The van der Waals surface area contributed by atoms with E-state index in [4.69, 9.17) is 9.47 Å². The van der Waals surface area contributed by atoms with Crippen LogP contribution in [0.4, 0.5) is 0 Å². The van der Waals surface area contributed by atoms with Crippen molar-refractivity contribution >= 4 is 11.9 Å². The van der Waals surface area contributed by atoms with Gasteiger partial charge in [-0.05, 0) is 30.4 Å². The zero-order chi connectivity index (χ0) is 17.6. The van der Waals surface area contributed by atoms with Crippen LogP contribution in [0, 0.1) is 5.41 Å². The van der Waals surface area contributed by atoms with Gasteiger partial charge >= 0.3 is 11.9 Å². The predicted molar refractivity (Wildman–Crippen MR) is 92.6 cm³/mol. The molecule has 0 amide bonds. The van der Waals surface area contributed by atoms with Gasteiger partial charge in [0.2, 0.25) is 0 Å². The quantitative estimate of drug-likeness (QED) is 0.345. The molecule has 1 aromatic carbocycles. The van der Waals surface area contributed by atoms with Gasteiger partial charge in [-0.15, -0.1) is 0 Å². The van der Waals surface area contributed by atoms with E-state index in [0.717, 1.165) is 24.8 Å². The Labute approximate surface area is 143 Å². The van der Waals surface area contributed by atoms with Crippen molar-refractivity contribution < 1.29 is 19.1 Å². The summed E-state index contributed by atoms with van der Waals surface area (Å²) in [5.74, 6) is -1.03. The second kappa shape index (κ2) is 8.13.